The monoisotopic (exact) mass is 311 g/mol. The van der Waals surface area contributed by atoms with Crippen molar-refractivity contribution in [1.82, 2.24) is 5.32 Å². The highest BCUT2D eigenvalue weighted by Gasteiger charge is 2.30. The van der Waals surface area contributed by atoms with Crippen molar-refractivity contribution in [2.45, 2.75) is 19.8 Å². The minimum absolute atomic E-state index is 0.204. The number of amides is 1. The summed E-state index contributed by atoms with van der Waals surface area (Å²) in [5, 5.41) is 3.41. The molecule has 1 aromatic rings. The zero-order chi connectivity index (χ0) is 15.6. The smallest absolute Gasteiger partial charge is 0.343 e. The highest BCUT2D eigenvalue weighted by atomic mass is 32.1. The van der Waals surface area contributed by atoms with Crippen molar-refractivity contribution in [3.05, 3.63) is 10.4 Å². The molecule has 3 N–H and O–H groups in total. The molecule has 1 amide bonds. The second kappa shape index (κ2) is 6.34. The minimum atomic E-state index is -0.503. The van der Waals surface area contributed by atoms with Crippen molar-refractivity contribution in [2.75, 3.05) is 37.9 Å². The van der Waals surface area contributed by atoms with Gasteiger partial charge in [0.25, 0.3) is 5.91 Å². The van der Waals surface area contributed by atoms with Crippen molar-refractivity contribution in [1.29, 1.82) is 0 Å². The third kappa shape index (κ3) is 3.29. The van der Waals surface area contributed by atoms with Crippen LogP contribution < -0.4 is 16.0 Å². The van der Waals surface area contributed by atoms with Crippen LogP contribution in [-0.4, -0.2) is 39.1 Å². The molecule has 116 valence electrons. The Morgan fingerprint density at radius 3 is 2.67 bits per heavy atom. The van der Waals surface area contributed by atoms with Gasteiger partial charge in [0.15, 0.2) is 0 Å². The lowest BCUT2D eigenvalue weighted by Gasteiger charge is -2.18. The minimum Gasteiger partial charge on any atom is -0.465 e. The number of carbonyl (C=O) groups excluding carboxylic acids is 2. The van der Waals surface area contributed by atoms with Crippen molar-refractivity contribution in [2.24, 2.45) is 5.92 Å². The van der Waals surface area contributed by atoms with Crippen LogP contribution in [0.2, 0.25) is 0 Å². The fourth-order valence-electron chi connectivity index (χ4n) is 2.18. The zero-order valence-corrected chi connectivity index (χ0v) is 13.4. The van der Waals surface area contributed by atoms with E-state index < -0.39 is 5.97 Å². The highest BCUT2D eigenvalue weighted by molar-refractivity contribution is 7.19. The largest absolute Gasteiger partial charge is 0.465 e. The van der Waals surface area contributed by atoms with E-state index in [1.165, 1.54) is 31.3 Å². The second-order valence-electron chi connectivity index (χ2n) is 5.20. The first-order valence-corrected chi connectivity index (χ1v) is 7.81. The number of methoxy groups -OCH3 is 1. The van der Waals surface area contributed by atoms with Gasteiger partial charge in [-0.3, -0.25) is 4.79 Å². The van der Waals surface area contributed by atoms with E-state index in [-0.39, 0.29) is 11.6 Å². The molecule has 1 heterocycles. The summed E-state index contributed by atoms with van der Waals surface area (Å²) in [7, 11) is 3.23. The van der Waals surface area contributed by atoms with E-state index in [1.54, 1.807) is 0 Å². The quantitative estimate of drug-likeness (QED) is 0.781. The van der Waals surface area contributed by atoms with Gasteiger partial charge in [0.2, 0.25) is 0 Å². The fraction of sp³-hybridized carbons (Fsp3) is 0.571. The summed E-state index contributed by atoms with van der Waals surface area (Å²) in [6, 6.07) is 0. The highest BCUT2D eigenvalue weighted by Crippen LogP contribution is 2.40. The van der Waals surface area contributed by atoms with Crippen LogP contribution in [-0.2, 0) is 4.74 Å². The molecule has 1 aromatic heterocycles. The van der Waals surface area contributed by atoms with Crippen LogP contribution in [0, 0.1) is 5.92 Å². The number of carbonyl (C=O) groups is 2. The van der Waals surface area contributed by atoms with Crippen LogP contribution in [0.3, 0.4) is 0 Å². The number of ether oxygens (including phenoxy) is 1. The predicted octanol–water partition coefficient (Wildman–Crippen LogP) is 1.71. The van der Waals surface area contributed by atoms with E-state index in [4.69, 9.17) is 10.5 Å². The molecule has 1 saturated carbocycles. The number of rotatable bonds is 6. The maximum absolute atomic E-state index is 12.0. The zero-order valence-electron chi connectivity index (χ0n) is 12.6. The van der Waals surface area contributed by atoms with Crippen molar-refractivity contribution < 1.29 is 14.3 Å². The van der Waals surface area contributed by atoms with Gasteiger partial charge in [0.1, 0.15) is 15.4 Å². The molecule has 1 aliphatic rings. The Balaban J connectivity index is 2.38. The molecule has 1 fully saturated rings. The van der Waals surface area contributed by atoms with Crippen molar-refractivity contribution in [3.63, 3.8) is 0 Å². The van der Waals surface area contributed by atoms with E-state index in [2.05, 4.69) is 5.32 Å². The molecule has 1 aliphatic carbocycles. The number of nitrogen functional groups attached to an aromatic ring is 1. The topological polar surface area (TPSA) is 84.7 Å². The van der Waals surface area contributed by atoms with Gasteiger partial charge in [-0.2, -0.15) is 0 Å². The summed E-state index contributed by atoms with van der Waals surface area (Å²) in [6.07, 6.45) is 2.42. The van der Waals surface area contributed by atoms with Crippen LogP contribution in [0.15, 0.2) is 0 Å². The van der Waals surface area contributed by atoms with Gasteiger partial charge >= 0.3 is 5.97 Å². The Bertz CT molecular complexity index is 552. The van der Waals surface area contributed by atoms with Crippen molar-refractivity contribution >= 4 is 33.9 Å². The maximum atomic E-state index is 12.0. The van der Waals surface area contributed by atoms with Gasteiger partial charge in [0.05, 0.1) is 12.8 Å². The lowest BCUT2D eigenvalue weighted by Crippen LogP contribution is -2.22. The Kier molecular flexibility index (Phi) is 4.72. The molecular formula is C14H21N3O3S. The molecular weight excluding hydrogens is 290 g/mol. The van der Waals surface area contributed by atoms with Crippen molar-refractivity contribution in [3.8, 4) is 0 Å². The maximum Gasteiger partial charge on any atom is 0.343 e. The average Bonchev–Trinajstić information content (AvgIpc) is 3.19. The fourth-order valence-corrected chi connectivity index (χ4v) is 3.28. The molecule has 0 aromatic carbocycles. The predicted molar refractivity (Wildman–Crippen MR) is 84.1 cm³/mol. The molecule has 2 rings (SSSR count). The number of thiophene rings is 1. The van der Waals surface area contributed by atoms with E-state index in [9.17, 15) is 9.59 Å². The first-order chi connectivity index (χ1) is 9.99. The van der Waals surface area contributed by atoms with Crippen LogP contribution >= 0.6 is 11.3 Å². The number of nitrogens with one attached hydrogen (secondary N) is 1. The molecule has 0 radical (unpaired) electrons. The summed E-state index contributed by atoms with van der Waals surface area (Å²) in [6.45, 7) is 3.21. The van der Waals surface area contributed by atoms with Crippen LogP contribution in [0.4, 0.5) is 10.7 Å². The van der Waals surface area contributed by atoms with Gasteiger partial charge in [-0.25, -0.2) is 4.79 Å². The molecule has 0 spiro atoms. The van der Waals surface area contributed by atoms with Crippen LogP contribution in [0.5, 0.6) is 0 Å². The Morgan fingerprint density at radius 2 is 2.14 bits per heavy atom. The molecule has 0 unspecified atom stereocenters. The third-order valence-electron chi connectivity index (χ3n) is 3.44. The molecule has 0 saturated heterocycles. The Hall–Kier alpha value is -1.76. The van der Waals surface area contributed by atoms with Gasteiger partial charge in [-0.15, -0.1) is 11.3 Å². The number of hydrogen-bond donors (Lipinski definition) is 2. The van der Waals surface area contributed by atoms with E-state index in [0.717, 1.165) is 6.54 Å². The summed E-state index contributed by atoms with van der Waals surface area (Å²) in [4.78, 5) is 26.4. The lowest BCUT2D eigenvalue weighted by molar-refractivity contribution is 0.0603. The molecule has 21 heavy (non-hydrogen) atoms. The van der Waals surface area contributed by atoms with Crippen LogP contribution in [0.1, 0.15) is 39.8 Å². The number of hydrogen-bond acceptors (Lipinski definition) is 6. The molecule has 0 atom stereocenters. The SMILES string of the molecule is CCNC(=O)c1sc(N(C)CC2CC2)c(C(=O)OC)c1N. The molecule has 0 aliphatic heterocycles. The summed E-state index contributed by atoms with van der Waals surface area (Å²) in [5.41, 5.74) is 6.52. The summed E-state index contributed by atoms with van der Waals surface area (Å²) < 4.78 is 4.81. The number of nitrogens with zero attached hydrogens (tertiary/aromatic N) is 1. The Morgan fingerprint density at radius 1 is 1.48 bits per heavy atom. The average molecular weight is 311 g/mol. The van der Waals surface area contributed by atoms with E-state index in [0.29, 0.717) is 27.9 Å². The lowest BCUT2D eigenvalue weighted by atomic mass is 10.2. The van der Waals surface area contributed by atoms with E-state index >= 15 is 0 Å². The normalized spacial score (nSPS) is 13.9. The van der Waals surface area contributed by atoms with Gasteiger partial charge < -0.3 is 20.7 Å². The van der Waals surface area contributed by atoms with Gasteiger partial charge in [-0.05, 0) is 25.7 Å². The number of anilines is 2. The van der Waals surface area contributed by atoms with Gasteiger partial charge in [-0.1, -0.05) is 0 Å². The molecule has 7 heteroatoms. The number of nitrogens with two attached hydrogens (primary N) is 1. The second-order valence-corrected chi connectivity index (χ2v) is 6.20. The van der Waals surface area contributed by atoms with E-state index in [1.807, 2.05) is 18.9 Å². The molecule has 0 bridgehead atoms. The van der Waals surface area contributed by atoms with Gasteiger partial charge in [0, 0.05) is 20.1 Å². The van der Waals surface area contributed by atoms with Crippen LogP contribution in [0.25, 0.3) is 0 Å². The molecule has 6 nitrogen and oxygen atoms in total. The first kappa shape index (κ1) is 15.6. The summed E-state index contributed by atoms with van der Waals surface area (Å²) >= 11 is 1.24. The third-order valence-corrected chi connectivity index (χ3v) is 4.75. The number of esters is 1. The first-order valence-electron chi connectivity index (χ1n) is 6.99. The standard InChI is InChI=1S/C14H21N3O3S/c1-4-16-12(18)11-10(15)9(14(19)20-3)13(21-11)17(2)7-8-5-6-8/h8H,4-7,15H2,1-3H3,(H,16,18). The Labute approximate surface area is 128 Å². The summed E-state index contributed by atoms with van der Waals surface area (Å²) in [5.74, 6) is -0.0927.